The molecule has 0 aromatic carbocycles. The lowest BCUT2D eigenvalue weighted by atomic mass is 10.2. The van der Waals surface area contributed by atoms with E-state index in [0.29, 0.717) is 25.3 Å². The summed E-state index contributed by atoms with van der Waals surface area (Å²) in [5, 5.41) is 14.9. The molecule has 3 N–H and O–H groups in total. The van der Waals surface area contributed by atoms with Gasteiger partial charge >= 0.3 is 0 Å². The fourth-order valence-electron chi connectivity index (χ4n) is 1.53. The fraction of sp³-hybridized carbons (Fsp3) is 0.889. The van der Waals surface area contributed by atoms with Gasteiger partial charge in [0.1, 0.15) is 0 Å². The van der Waals surface area contributed by atoms with Gasteiger partial charge in [-0.3, -0.25) is 9.00 Å². The third-order valence-corrected chi connectivity index (χ3v) is 3.20. The normalized spacial score (nSPS) is 27.6. The van der Waals surface area contributed by atoms with Gasteiger partial charge in [-0.15, -0.1) is 0 Å². The Bertz CT molecular complexity index is 248. The van der Waals surface area contributed by atoms with Crippen LogP contribution in [0.25, 0.3) is 0 Å². The first-order valence-electron chi connectivity index (χ1n) is 5.09. The molecule has 0 spiro atoms. The van der Waals surface area contributed by atoms with Crippen LogP contribution in [0.2, 0.25) is 0 Å². The van der Waals surface area contributed by atoms with Crippen LogP contribution in [0.1, 0.15) is 12.8 Å². The van der Waals surface area contributed by atoms with Crippen molar-refractivity contribution in [1.82, 2.24) is 10.6 Å². The van der Waals surface area contributed by atoms with Crippen molar-refractivity contribution >= 4 is 16.7 Å². The molecule has 0 bridgehead atoms. The molecule has 0 saturated carbocycles. The Labute approximate surface area is 92.1 Å². The number of aliphatic hydroxyl groups excluding tert-OH is 1. The number of hydrogen-bond donors (Lipinski definition) is 3. The van der Waals surface area contributed by atoms with Gasteiger partial charge < -0.3 is 15.7 Å². The average Bonchev–Trinajstić information content (AvgIpc) is 2.59. The first kappa shape index (κ1) is 12.6. The van der Waals surface area contributed by atoms with Crippen molar-refractivity contribution in [3.63, 3.8) is 0 Å². The molecule has 3 unspecified atom stereocenters. The number of aliphatic hydroxyl groups is 1. The molecule has 1 rings (SSSR count). The molecular weight excluding hydrogens is 216 g/mol. The highest BCUT2D eigenvalue weighted by atomic mass is 32.2. The SMILES string of the molecule is CS(=O)CCCNC(=O)C1CC(O)CN1. The molecule has 88 valence electrons. The Morgan fingerprint density at radius 3 is 2.93 bits per heavy atom. The highest BCUT2D eigenvalue weighted by Crippen LogP contribution is 2.05. The first-order chi connectivity index (χ1) is 7.09. The molecule has 1 aliphatic heterocycles. The average molecular weight is 234 g/mol. The van der Waals surface area contributed by atoms with Gasteiger partial charge in [-0.2, -0.15) is 0 Å². The van der Waals surface area contributed by atoms with E-state index in [1.165, 1.54) is 0 Å². The van der Waals surface area contributed by atoms with Gasteiger partial charge in [0.05, 0.1) is 12.1 Å². The monoisotopic (exact) mass is 234 g/mol. The first-order valence-corrected chi connectivity index (χ1v) is 6.81. The maximum Gasteiger partial charge on any atom is 0.237 e. The van der Waals surface area contributed by atoms with E-state index >= 15 is 0 Å². The summed E-state index contributed by atoms with van der Waals surface area (Å²) in [5.41, 5.74) is 0. The molecule has 0 aromatic heterocycles. The molecule has 0 aliphatic carbocycles. The minimum Gasteiger partial charge on any atom is -0.392 e. The molecule has 0 radical (unpaired) electrons. The van der Waals surface area contributed by atoms with Crippen molar-refractivity contribution in [2.45, 2.75) is 25.0 Å². The van der Waals surface area contributed by atoms with E-state index in [0.717, 1.165) is 6.42 Å². The number of carbonyl (C=O) groups is 1. The highest BCUT2D eigenvalue weighted by Gasteiger charge is 2.27. The molecule has 1 saturated heterocycles. The zero-order chi connectivity index (χ0) is 11.3. The van der Waals surface area contributed by atoms with Gasteiger partial charge in [0, 0.05) is 35.9 Å². The molecule has 3 atom stereocenters. The van der Waals surface area contributed by atoms with Crippen LogP contribution in [0.5, 0.6) is 0 Å². The molecule has 1 aliphatic rings. The number of hydrogen-bond acceptors (Lipinski definition) is 4. The summed E-state index contributed by atoms with van der Waals surface area (Å²) >= 11 is 0. The van der Waals surface area contributed by atoms with Gasteiger partial charge in [-0.25, -0.2) is 0 Å². The van der Waals surface area contributed by atoms with Crippen molar-refractivity contribution in [1.29, 1.82) is 0 Å². The largest absolute Gasteiger partial charge is 0.392 e. The van der Waals surface area contributed by atoms with Crippen molar-refractivity contribution in [3.8, 4) is 0 Å². The van der Waals surface area contributed by atoms with Crippen molar-refractivity contribution in [2.24, 2.45) is 0 Å². The predicted molar refractivity (Wildman–Crippen MR) is 59.0 cm³/mol. The number of β-amino-alcohol motifs (C(OH)–C–C–N with tert-alkyl or cyclic N) is 1. The molecule has 1 heterocycles. The fourth-order valence-corrected chi connectivity index (χ4v) is 2.08. The quantitative estimate of drug-likeness (QED) is 0.511. The lowest BCUT2D eigenvalue weighted by molar-refractivity contribution is -0.122. The molecule has 15 heavy (non-hydrogen) atoms. The van der Waals surface area contributed by atoms with Crippen LogP contribution >= 0.6 is 0 Å². The molecule has 1 amide bonds. The Balaban J connectivity index is 2.11. The maximum absolute atomic E-state index is 11.5. The molecular formula is C9H18N2O3S. The summed E-state index contributed by atoms with van der Waals surface area (Å²) in [6, 6.07) is -0.271. The van der Waals surface area contributed by atoms with Gasteiger partial charge in [0.2, 0.25) is 5.91 Å². The zero-order valence-corrected chi connectivity index (χ0v) is 9.68. The molecule has 1 fully saturated rings. The summed E-state index contributed by atoms with van der Waals surface area (Å²) in [6.07, 6.45) is 2.44. The lowest BCUT2D eigenvalue weighted by Crippen LogP contribution is -2.40. The van der Waals surface area contributed by atoms with Crippen LogP contribution in [-0.4, -0.2) is 52.5 Å². The second-order valence-corrected chi connectivity index (χ2v) is 5.33. The number of amides is 1. The van der Waals surface area contributed by atoms with Crippen LogP contribution in [0.3, 0.4) is 0 Å². The molecule has 5 nitrogen and oxygen atoms in total. The smallest absolute Gasteiger partial charge is 0.237 e. The van der Waals surface area contributed by atoms with E-state index in [9.17, 15) is 14.1 Å². The maximum atomic E-state index is 11.5. The molecule has 0 aromatic rings. The number of rotatable bonds is 5. The van der Waals surface area contributed by atoms with Crippen LogP contribution in [0, 0.1) is 0 Å². The van der Waals surface area contributed by atoms with Crippen LogP contribution in [0.15, 0.2) is 0 Å². The second kappa shape index (κ2) is 6.19. The topological polar surface area (TPSA) is 78.4 Å². The van der Waals surface area contributed by atoms with Crippen molar-refractivity contribution < 1.29 is 14.1 Å². The predicted octanol–water partition coefficient (Wildman–Crippen LogP) is -1.41. The van der Waals surface area contributed by atoms with Crippen molar-refractivity contribution in [3.05, 3.63) is 0 Å². The van der Waals surface area contributed by atoms with Gasteiger partial charge in [0.15, 0.2) is 0 Å². The van der Waals surface area contributed by atoms with Crippen molar-refractivity contribution in [2.75, 3.05) is 25.1 Å². The second-order valence-electron chi connectivity index (χ2n) is 3.77. The standard InChI is InChI=1S/C9H18N2O3S/c1-15(14)4-2-3-10-9(13)8-5-7(12)6-11-8/h7-8,11-12H,2-6H2,1H3,(H,10,13). The van der Waals surface area contributed by atoms with E-state index < -0.39 is 16.9 Å². The van der Waals surface area contributed by atoms with Crippen LogP contribution in [-0.2, 0) is 15.6 Å². The Morgan fingerprint density at radius 2 is 2.40 bits per heavy atom. The van der Waals surface area contributed by atoms with E-state index in [1.807, 2.05) is 0 Å². The van der Waals surface area contributed by atoms with Crippen LogP contribution in [0.4, 0.5) is 0 Å². The third-order valence-electron chi connectivity index (χ3n) is 2.33. The lowest BCUT2D eigenvalue weighted by Gasteiger charge is -2.10. The van der Waals surface area contributed by atoms with E-state index in [2.05, 4.69) is 10.6 Å². The van der Waals surface area contributed by atoms with Crippen LogP contribution < -0.4 is 10.6 Å². The van der Waals surface area contributed by atoms with E-state index in [-0.39, 0.29) is 11.9 Å². The zero-order valence-electron chi connectivity index (χ0n) is 8.86. The Kier molecular flexibility index (Phi) is 5.21. The third kappa shape index (κ3) is 4.72. The molecule has 6 heteroatoms. The minimum atomic E-state index is -0.795. The minimum absolute atomic E-state index is 0.0755. The number of carbonyl (C=O) groups excluding carboxylic acids is 1. The van der Waals surface area contributed by atoms with Gasteiger partial charge in [0.25, 0.3) is 0 Å². The summed E-state index contributed by atoms with van der Waals surface area (Å²) in [7, 11) is -0.795. The Morgan fingerprint density at radius 1 is 1.67 bits per heavy atom. The summed E-state index contributed by atoms with van der Waals surface area (Å²) in [4.78, 5) is 11.5. The van der Waals surface area contributed by atoms with E-state index in [1.54, 1.807) is 6.26 Å². The van der Waals surface area contributed by atoms with Gasteiger partial charge in [-0.1, -0.05) is 0 Å². The highest BCUT2D eigenvalue weighted by molar-refractivity contribution is 7.84. The van der Waals surface area contributed by atoms with Gasteiger partial charge in [-0.05, 0) is 12.8 Å². The summed E-state index contributed by atoms with van der Waals surface area (Å²) in [6.45, 7) is 1.03. The Hall–Kier alpha value is -0.460. The summed E-state index contributed by atoms with van der Waals surface area (Å²) < 4.78 is 10.7. The van der Waals surface area contributed by atoms with E-state index in [4.69, 9.17) is 0 Å². The summed E-state index contributed by atoms with van der Waals surface area (Å²) in [5.74, 6) is 0.537. The number of nitrogens with one attached hydrogen (secondary N) is 2.